The summed E-state index contributed by atoms with van der Waals surface area (Å²) in [6, 6.07) is 12.3. The Morgan fingerprint density at radius 2 is 1.71 bits per heavy atom. The van der Waals surface area contributed by atoms with Gasteiger partial charge in [-0.05, 0) is 30.3 Å². The molecule has 0 N–H and O–H groups in total. The van der Waals surface area contributed by atoms with Crippen LogP contribution in [0, 0.1) is 0 Å². The minimum absolute atomic E-state index is 0.895. The molecule has 0 fully saturated rings. The highest BCUT2D eigenvalue weighted by Gasteiger charge is 2.21. The molecule has 84 valence electrons. The smallest absolute Gasteiger partial charge is 0.151 e. The van der Waals surface area contributed by atoms with Crippen LogP contribution in [0.3, 0.4) is 0 Å². The summed E-state index contributed by atoms with van der Waals surface area (Å²) in [5, 5.41) is 0. The van der Waals surface area contributed by atoms with E-state index in [0.29, 0.717) is 0 Å². The SMILES string of the molecule is Bc1ccc2c(c1)N(C)c1cc(Br)ccc1O2. The van der Waals surface area contributed by atoms with Gasteiger partial charge < -0.3 is 9.64 Å². The third-order valence-electron chi connectivity index (χ3n) is 2.98. The van der Waals surface area contributed by atoms with Crippen molar-refractivity contribution in [2.75, 3.05) is 11.9 Å². The van der Waals surface area contributed by atoms with E-state index in [1.165, 1.54) is 5.46 Å². The molecule has 4 heteroatoms. The maximum atomic E-state index is 5.90. The maximum absolute atomic E-state index is 5.90. The molecule has 0 spiro atoms. The lowest BCUT2D eigenvalue weighted by Gasteiger charge is -2.30. The standard InChI is InChI=1S/C13H11BBrNO/c1-16-10-6-8(14)2-4-12(10)17-13-5-3-9(15)7-11(13)16/h2-7H,14H2,1H3. The van der Waals surface area contributed by atoms with Crippen molar-refractivity contribution in [1.82, 2.24) is 0 Å². The number of ether oxygens (including phenoxy) is 1. The number of halogens is 1. The van der Waals surface area contributed by atoms with E-state index in [2.05, 4.69) is 53.9 Å². The molecule has 17 heavy (non-hydrogen) atoms. The lowest BCUT2D eigenvalue weighted by molar-refractivity contribution is 0.475. The highest BCUT2D eigenvalue weighted by Crippen LogP contribution is 2.45. The second-order valence-electron chi connectivity index (χ2n) is 4.24. The Balaban J connectivity index is 2.18. The van der Waals surface area contributed by atoms with Crippen molar-refractivity contribution < 1.29 is 4.74 Å². The molecule has 0 saturated heterocycles. The van der Waals surface area contributed by atoms with Gasteiger partial charge in [0.25, 0.3) is 0 Å². The molecule has 0 unspecified atom stereocenters. The van der Waals surface area contributed by atoms with Crippen LogP contribution < -0.4 is 15.1 Å². The number of fused-ring (bicyclic) bond motifs is 2. The van der Waals surface area contributed by atoms with E-state index in [-0.39, 0.29) is 0 Å². The molecule has 0 saturated carbocycles. The molecule has 0 atom stereocenters. The predicted octanol–water partition coefficient (Wildman–Crippen LogP) is 2.58. The Morgan fingerprint density at radius 1 is 1.06 bits per heavy atom. The zero-order valence-corrected chi connectivity index (χ0v) is 11.3. The number of hydrogen-bond acceptors (Lipinski definition) is 2. The molecular formula is C13H11BBrNO. The van der Waals surface area contributed by atoms with E-state index < -0.39 is 0 Å². The van der Waals surface area contributed by atoms with Crippen molar-refractivity contribution in [3.05, 3.63) is 40.9 Å². The van der Waals surface area contributed by atoms with E-state index in [1.54, 1.807) is 0 Å². The summed E-state index contributed by atoms with van der Waals surface area (Å²) in [4.78, 5) is 2.16. The monoisotopic (exact) mass is 287 g/mol. The number of benzene rings is 2. The first-order chi connectivity index (χ1) is 8.15. The van der Waals surface area contributed by atoms with E-state index in [1.807, 2.05) is 18.2 Å². The number of hydrogen-bond donors (Lipinski definition) is 0. The summed E-state index contributed by atoms with van der Waals surface area (Å²) < 4.78 is 6.95. The second kappa shape index (κ2) is 3.81. The molecular weight excluding hydrogens is 277 g/mol. The highest BCUT2D eigenvalue weighted by atomic mass is 79.9. The van der Waals surface area contributed by atoms with Crippen molar-refractivity contribution in [2.24, 2.45) is 0 Å². The largest absolute Gasteiger partial charge is 0.453 e. The first-order valence-electron chi connectivity index (χ1n) is 5.47. The van der Waals surface area contributed by atoms with Gasteiger partial charge in [-0.1, -0.05) is 27.5 Å². The van der Waals surface area contributed by atoms with Crippen molar-refractivity contribution >= 4 is 40.6 Å². The Morgan fingerprint density at radius 3 is 2.47 bits per heavy atom. The summed E-state index contributed by atoms with van der Waals surface area (Å²) in [7, 11) is 4.15. The molecule has 1 heterocycles. The van der Waals surface area contributed by atoms with Gasteiger partial charge in [0, 0.05) is 11.5 Å². The molecule has 3 rings (SSSR count). The number of nitrogens with zero attached hydrogens (tertiary/aromatic N) is 1. The zero-order valence-electron chi connectivity index (χ0n) is 9.70. The maximum Gasteiger partial charge on any atom is 0.151 e. The molecule has 0 bridgehead atoms. The van der Waals surface area contributed by atoms with Gasteiger partial charge in [-0.2, -0.15) is 0 Å². The molecule has 2 aromatic carbocycles. The van der Waals surface area contributed by atoms with Crippen LogP contribution in [0.15, 0.2) is 40.9 Å². The molecule has 0 radical (unpaired) electrons. The summed E-state index contributed by atoms with van der Waals surface area (Å²) in [5.41, 5.74) is 3.42. The summed E-state index contributed by atoms with van der Waals surface area (Å²) >= 11 is 3.49. The fourth-order valence-corrected chi connectivity index (χ4v) is 2.41. The molecule has 0 aromatic heterocycles. The van der Waals surface area contributed by atoms with Gasteiger partial charge in [0.1, 0.15) is 7.85 Å². The predicted molar refractivity (Wildman–Crippen MR) is 76.9 cm³/mol. The zero-order chi connectivity index (χ0) is 12.0. The molecule has 1 aliphatic heterocycles. The van der Waals surface area contributed by atoms with Crippen LogP contribution in [0.1, 0.15) is 0 Å². The summed E-state index contributed by atoms with van der Waals surface area (Å²) in [5.74, 6) is 1.81. The van der Waals surface area contributed by atoms with Gasteiger partial charge in [-0.3, -0.25) is 0 Å². The Bertz CT molecular complexity index is 548. The fraction of sp³-hybridized carbons (Fsp3) is 0.0769. The first-order valence-corrected chi connectivity index (χ1v) is 6.26. The van der Waals surface area contributed by atoms with Crippen LogP contribution in [-0.2, 0) is 0 Å². The molecule has 1 aliphatic rings. The molecule has 0 amide bonds. The topological polar surface area (TPSA) is 12.5 Å². The second-order valence-corrected chi connectivity index (χ2v) is 5.16. The van der Waals surface area contributed by atoms with Crippen molar-refractivity contribution in [3.63, 3.8) is 0 Å². The van der Waals surface area contributed by atoms with Crippen molar-refractivity contribution in [1.29, 1.82) is 0 Å². The minimum atomic E-state index is 0.895. The number of anilines is 2. The number of rotatable bonds is 0. The van der Waals surface area contributed by atoms with Crippen LogP contribution >= 0.6 is 15.9 Å². The van der Waals surface area contributed by atoms with Crippen LogP contribution in [-0.4, -0.2) is 14.9 Å². The van der Waals surface area contributed by atoms with Crippen LogP contribution in [0.2, 0.25) is 0 Å². The molecule has 2 aromatic rings. The average Bonchev–Trinajstić information content (AvgIpc) is 2.32. The van der Waals surface area contributed by atoms with Gasteiger partial charge in [0.2, 0.25) is 0 Å². The van der Waals surface area contributed by atoms with Gasteiger partial charge >= 0.3 is 0 Å². The molecule has 0 aliphatic carbocycles. The average molecular weight is 288 g/mol. The van der Waals surface area contributed by atoms with Gasteiger partial charge in [-0.15, -0.1) is 0 Å². The lowest BCUT2D eigenvalue weighted by atomic mass is 9.95. The first kappa shape index (κ1) is 10.7. The fourth-order valence-electron chi connectivity index (χ4n) is 2.06. The van der Waals surface area contributed by atoms with Crippen LogP contribution in [0.25, 0.3) is 0 Å². The van der Waals surface area contributed by atoms with Gasteiger partial charge in [0.15, 0.2) is 11.5 Å². The molecule has 2 nitrogen and oxygen atoms in total. The van der Waals surface area contributed by atoms with Crippen LogP contribution in [0.5, 0.6) is 11.5 Å². The third-order valence-corrected chi connectivity index (χ3v) is 3.47. The van der Waals surface area contributed by atoms with E-state index >= 15 is 0 Å². The summed E-state index contributed by atoms with van der Waals surface area (Å²) in [6.07, 6.45) is 0. The van der Waals surface area contributed by atoms with E-state index in [9.17, 15) is 0 Å². The van der Waals surface area contributed by atoms with E-state index in [0.717, 1.165) is 27.3 Å². The minimum Gasteiger partial charge on any atom is -0.453 e. The van der Waals surface area contributed by atoms with Crippen LogP contribution in [0.4, 0.5) is 11.4 Å². The van der Waals surface area contributed by atoms with Crippen molar-refractivity contribution in [3.8, 4) is 11.5 Å². The lowest BCUT2D eigenvalue weighted by Crippen LogP contribution is -2.18. The van der Waals surface area contributed by atoms with Gasteiger partial charge in [0.05, 0.1) is 11.4 Å². The normalized spacial score (nSPS) is 12.7. The van der Waals surface area contributed by atoms with Crippen molar-refractivity contribution in [2.45, 2.75) is 0 Å². The quantitative estimate of drug-likeness (QED) is 0.691. The van der Waals surface area contributed by atoms with E-state index in [4.69, 9.17) is 4.74 Å². The Labute approximate surface area is 110 Å². The highest BCUT2D eigenvalue weighted by molar-refractivity contribution is 9.10. The van der Waals surface area contributed by atoms with Gasteiger partial charge in [-0.25, -0.2) is 0 Å². The Hall–Kier alpha value is -1.42. The Kier molecular flexibility index (Phi) is 2.40. The third kappa shape index (κ3) is 1.73. The summed E-state index contributed by atoms with van der Waals surface area (Å²) in [6.45, 7) is 0.